The summed E-state index contributed by atoms with van der Waals surface area (Å²) in [5, 5.41) is 7.02. The lowest BCUT2D eigenvalue weighted by Crippen LogP contribution is -2.67. The topological polar surface area (TPSA) is 104 Å². The Bertz CT molecular complexity index is 1290. The van der Waals surface area contributed by atoms with Crippen molar-refractivity contribution in [1.29, 1.82) is 0 Å². The minimum absolute atomic E-state index is 0.0704. The number of nitrogens with one attached hydrogen (secondary N) is 3. The molecule has 2 aliphatic rings. The van der Waals surface area contributed by atoms with Gasteiger partial charge in [0.05, 0.1) is 12.7 Å². The van der Waals surface area contributed by atoms with E-state index in [0.29, 0.717) is 37.1 Å². The zero-order chi connectivity index (χ0) is 24.5. The summed E-state index contributed by atoms with van der Waals surface area (Å²) in [6.07, 6.45) is 5.27. The summed E-state index contributed by atoms with van der Waals surface area (Å²) in [6.45, 7) is 0.425. The van der Waals surface area contributed by atoms with Gasteiger partial charge in [0, 0.05) is 41.0 Å². The average molecular weight is 493 g/mol. The van der Waals surface area contributed by atoms with E-state index in [2.05, 4.69) is 15.6 Å². The number of carbonyl (C=O) groups is 3. The number of benzene rings is 2. The first-order valence-electron chi connectivity index (χ1n) is 11.7. The number of piperidine rings is 1. The number of para-hydroxylation sites is 1. The fourth-order valence-electron chi connectivity index (χ4n) is 5.05. The molecule has 35 heavy (non-hydrogen) atoms. The number of nitrogens with zero attached hydrogens (tertiary/aromatic N) is 1. The van der Waals surface area contributed by atoms with Crippen LogP contribution in [0.4, 0.5) is 0 Å². The van der Waals surface area contributed by atoms with Crippen LogP contribution in [0.1, 0.15) is 28.8 Å². The highest BCUT2D eigenvalue weighted by atomic mass is 32.2. The van der Waals surface area contributed by atoms with E-state index in [1.165, 1.54) is 0 Å². The Labute approximate surface area is 207 Å². The SMILES string of the molecule is COc1cc(SC)ccc1C(=O)N[C@H]1CCN2C(=O)[C@@H](Cc3c[nH]c4ccccc34)NC(=O)[C@@H]2C1. The third-order valence-electron chi connectivity index (χ3n) is 6.89. The number of amides is 3. The van der Waals surface area contributed by atoms with Crippen molar-refractivity contribution >= 4 is 40.4 Å². The second kappa shape index (κ2) is 9.65. The van der Waals surface area contributed by atoms with E-state index in [4.69, 9.17) is 4.74 Å². The molecule has 3 heterocycles. The first kappa shape index (κ1) is 23.3. The monoisotopic (exact) mass is 492 g/mol. The van der Waals surface area contributed by atoms with Gasteiger partial charge in [-0.3, -0.25) is 14.4 Å². The second-order valence-corrected chi connectivity index (χ2v) is 9.81. The smallest absolute Gasteiger partial charge is 0.255 e. The lowest BCUT2D eigenvalue weighted by Gasteiger charge is -2.44. The van der Waals surface area contributed by atoms with Crippen LogP contribution in [0.3, 0.4) is 0 Å². The zero-order valence-electron chi connectivity index (χ0n) is 19.7. The molecule has 3 amide bonds. The maximum atomic E-state index is 13.3. The molecule has 8 nitrogen and oxygen atoms in total. The Kier molecular flexibility index (Phi) is 6.42. The highest BCUT2D eigenvalue weighted by molar-refractivity contribution is 7.98. The Balaban J connectivity index is 1.25. The van der Waals surface area contributed by atoms with Gasteiger partial charge >= 0.3 is 0 Å². The molecule has 0 bridgehead atoms. The van der Waals surface area contributed by atoms with Crippen LogP contribution in [-0.4, -0.2) is 65.6 Å². The largest absolute Gasteiger partial charge is 0.496 e. The molecule has 3 aromatic rings. The van der Waals surface area contributed by atoms with Gasteiger partial charge in [-0.1, -0.05) is 18.2 Å². The van der Waals surface area contributed by atoms with Gasteiger partial charge in [-0.25, -0.2) is 0 Å². The summed E-state index contributed by atoms with van der Waals surface area (Å²) in [5.41, 5.74) is 2.46. The number of H-pyrrole nitrogens is 1. The number of thioether (sulfide) groups is 1. The van der Waals surface area contributed by atoms with E-state index in [1.54, 1.807) is 29.8 Å². The fourth-order valence-corrected chi connectivity index (χ4v) is 5.48. The van der Waals surface area contributed by atoms with E-state index >= 15 is 0 Å². The Morgan fingerprint density at radius 1 is 1.23 bits per heavy atom. The van der Waals surface area contributed by atoms with Crippen molar-refractivity contribution in [3.8, 4) is 5.75 Å². The summed E-state index contributed by atoms with van der Waals surface area (Å²) < 4.78 is 5.40. The maximum absolute atomic E-state index is 13.3. The van der Waals surface area contributed by atoms with Gasteiger partial charge in [0.1, 0.15) is 17.8 Å². The van der Waals surface area contributed by atoms with Gasteiger partial charge in [0.15, 0.2) is 0 Å². The van der Waals surface area contributed by atoms with Crippen LogP contribution in [-0.2, 0) is 16.0 Å². The van der Waals surface area contributed by atoms with Gasteiger partial charge < -0.3 is 25.3 Å². The third-order valence-corrected chi connectivity index (χ3v) is 7.62. The summed E-state index contributed by atoms with van der Waals surface area (Å²) >= 11 is 1.57. The van der Waals surface area contributed by atoms with Crippen LogP contribution in [0.15, 0.2) is 53.6 Å². The summed E-state index contributed by atoms with van der Waals surface area (Å²) in [6, 6.07) is 12.0. The van der Waals surface area contributed by atoms with Crippen molar-refractivity contribution in [1.82, 2.24) is 20.5 Å². The predicted octanol–water partition coefficient (Wildman–Crippen LogP) is 2.73. The molecule has 0 saturated carbocycles. The molecule has 2 aromatic carbocycles. The minimum Gasteiger partial charge on any atom is -0.496 e. The van der Waals surface area contributed by atoms with Crippen molar-refractivity contribution in [3.05, 3.63) is 59.8 Å². The first-order chi connectivity index (χ1) is 17.0. The standard InChI is InChI=1S/C26H28N4O4S/c1-34-23-13-17(35-2)7-8-19(23)24(31)28-16-9-10-30-22(12-16)25(32)29-21(26(30)33)11-15-14-27-20-6-4-3-5-18(15)20/h3-8,13-14,16,21-22,27H,9-12H2,1-2H3,(H,28,31)(H,29,32)/t16-,21+,22-/m0/s1. The number of carbonyl (C=O) groups excluding carboxylic acids is 3. The number of rotatable bonds is 6. The number of hydrogen-bond donors (Lipinski definition) is 3. The predicted molar refractivity (Wildman–Crippen MR) is 135 cm³/mol. The summed E-state index contributed by atoms with van der Waals surface area (Å²) in [4.78, 5) is 45.1. The van der Waals surface area contributed by atoms with E-state index in [9.17, 15) is 14.4 Å². The maximum Gasteiger partial charge on any atom is 0.255 e. The van der Waals surface area contributed by atoms with Crippen LogP contribution in [0.5, 0.6) is 5.75 Å². The van der Waals surface area contributed by atoms with Gasteiger partial charge in [-0.05, 0) is 48.9 Å². The Morgan fingerprint density at radius 2 is 2.06 bits per heavy atom. The van der Waals surface area contributed by atoms with E-state index < -0.39 is 12.1 Å². The normalized spacial score (nSPS) is 22.0. The molecule has 182 valence electrons. The lowest BCUT2D eigenvalue weighted by molar-refractivity contribution is -0.151. The highest BCUT2D eigenvalue weighted by Crippen LogP contribution is 2.28. The molecule has 3 atom stereocenters. The molecule has 3 N–H and O–H groups in total. The molecule has 0 unspecified atom stereocenters. The Morgan fingerprint density at radius 3 is 2.86 bits per heavy atom. The van der Waals surface area contributed by atoms with Crippen LogP contribution in [0, 0.1) is 0 Å². The van der Waals surface area contributed by atoms with Gasteiger partial charge in [0.2, 0.25) is 11.8 Å². The third kappa shape index (κ3) is 4.48. The number of fused-ring (bicyclic) bond motifs is 2. The number of ether oxygens (including phenoxy) is 1. The fraction of sp³-hybridized carbons (Fsp3) is 0.346. The Hall–Kier alpha value is -3.46. The molecular weight excluding hydrogens is 464 g/mol. The van der Waals surface area contributed by atoms with E-state index in [1.807, 2.05) is 48.9 Å². The number of aromatic nitrogens is 1. The zero-order valence-corrected chi connectivity index (χ0v) is 20.5. The molecule has 0 aliphatic carbocycles. The number of methoxy groups -OCH3 is 1. The van der Waals surface area contributed by atoms with Gasteiger partial charge in [-0.15, -0.1) is 11.8 Å². The molecule has 5 rings (SSSR count). The number of aromatic amines is 1. The molecule has 2 aliphatic heterocycles. The lowest BCUT2D eigenvalue weighted by atomic mass is 9.91. The van der Waals surface area contributed by atoms with Gasteiger partial charge in [0.25, 0.3) is 5.91 Å². The second-order valence-electron chi connectivity index (χ2n) is 8.93. The van der Waals surface area contributed by atoms with Crippen molar-refractivity contribution < 1.29 is 19.1 Å². The van der Waals surface area contributed by atoms with Crippen molar-refractivity contribution in [2.24, 2.45) is 0 Å². The van der Waals surface area contributed by atoms with Crippen LogP contribution < -0.4 is 15.4 Å². The summed E-state index contributed by atoms with van der Waals surface area (Å²) in [7, 11) is 1.54. The minimum atomic E-state index is -0.594. The molecule has 2 fully saturated rings. The number of hydrogen-bond acceptors (Lipinski definition) is 5. The molecule has 9 heteroatoms. The van der Waals surface area contributed by atoms with Crippen LogP contribution in [0.2, 0.25) is 0 Å². The van der Waals surface area contributed by atoms with E-state index in [-0.39, 0.29) is 23.8 Å². The molecule has 0 radical (unpaired) electrons. The highest BCUT2D eigenvalue weighted by Gasteiger charge is 2.44. The van der Waals surface area contributed by atoms with Gasteiger partial charge in [-0.2, -0.15) is 0 Å². The quantitative estimate of drug-likeness (QED) is 0.459. The van der Waals surface area contributed by atoms with Crippen molar-refractivity contribution in [3.63, 3.8) is 0 Å². The van der Waals surface area contributed by atoms with E-state index in [0.717, 1.165) is 21.4 Å². The average Bonchev–Trinajstić information content (AvgIpc) is 3.29. The first-order valence-corrected chi connectivity index (χ1v) is 12.9. The van der Waals surface area contributed by atoms with Crippen molar-refractivity contribution in [2.75, 3.05) is 19.9 Å². The summed E-state index contributed by atoms with van der Waals surface area (Å²) in [5.74, 6) is 0.0273. The molecule has 1 aromatic heterocycles. The van der Waals surface area contributed by atoms with Crippen LogP contribution in [0.25, 0.3) is 10.9 Å². The molecule has 2 saturated heterocycles. The van der Waals surface area contributed by atoms with Crippen LogP contribution >= 0.6 is 11.8 Å². The molecular formula is C26H28N4O4S. The number of piperazine rings is 1. The van der Waals surface area contributed by atoms with Crippen molar-refractivity contribution in [2.45, 2.75) is 42.3 Å². The molecule has 0 spiro atoms.